The van der Waals surface area contributed by atoms with Gasteiger partial charge in [0.2, 0.25) is 0 Å². The van der Waals surface area contributed by atoms with Crippen LogP contribution in [0.2, 0.25) is 26.2 Å². The highest BCUT2D eigenvalue weighted by atomic mass is 32.1. The van der Waals surface area contributed by atoms with Crippen molar-refractivity contribution in [3.8, 4) is 0 Å². The second-order valence-electron chi connectivity index (χ2n) is 16.7. The minimum atomic E-state index is -1.82. The SMILES string of the molecule is Cc1cc(C2=C(c3cc(C)sc3C)[Si](C)(C)c3c2sc2ccccc32)c(C)s1.Cc1cc(C2=C(c3cc(C)sc3C)[Si](C)(C)c3c2sc2ccccc32)c(C)s1. The largest absolute Gasteiger partial charge is 0.145 e. The summed E-state index contributed by atoms with van der Waals surface area (Å²) in [7, 11) is -3.64. The van der Waals surface area contributed by atoms with Gasteiger partial charge < -0.3 is 0 Å². The van der Waals surface area contributed by atoms with E-state index >= 15 is 0 Å². The molecule has 10 rings (SSSR count). The Hall–Kier alpha value is -2.93. The molecule has 8 aromatic rings. The average Bonchev–Trinajstić information content (AvgIpc) is 3.99. The highest BCUT2D eigenvalue weighted by Gasteiger charge is 2.46. The third kappa shape index (κ3) is 5.92. The summed E-state index contributed by atoms with van der Waals surface area (Å²) in [5.41, 5.74) is 9.01. The van der Waals surface area contributed by atoms with Crippen LogP contribution in [0, 0.1) is 55.4 Å². The highest BCUT2D eigenvalue weighted by Crippen LogP contribution is 2.53. The van der Waals surface area contributed by atoms with E-state index in [1.165, 1.54) is 102 Å². The molecule has 2 aromatic carbocycles. The summed E-state index contributed by atoms with van der Waals surface area (Å²) in [4.78, 5) is 14.6. The molecule has 0 saturated heterocycles. The van der Waals surface area contributed by atoms with E-state index in [1.54, 1.807) is 20.8 Å². The number of hydrogen-bond acceptors (Lipinski definition) is 6. The smallest absolute Gasteiger partial charge is 0.116 e. The van der Waals surface area contributed by atoms with Gasteiger partial charge in [0, 0.05) is 69.3 Å². The summed E-state index contributed by atoms with van der Waals surface area (Å²) >= 11 is 11.8. The summed E-state index contributed by atoms with van der Waals surface area (Å²) < 4.78 is 2.87. The van der Waals surface area contributed by atoms with Crippen LogP contribution in [0.4, 0.5) is 0 Å². The van der Waals surface area contributed by atoms with Crippen molar-refractivity contribution in [2.75, 3.05) is 0 Å². The second kappa shape index (κ2) is 13.8. The molecule has 284 valence electrons. The maximum atomic E-state index is 2.56. The van der Waals surface area contributed by atoms with Gasteiger partial charge in [0.05, 0.1) is 0 Å². The molecule has 0 fully saturated rings. The Morgan fingerprint density at radius 2 is 0.679 bits per heavy atom. The Bertz CT molecular complexity index is 2750. The molecule has 2 aliphatic heterocycles. The Morgan fingerprint density at radius 1 is 0.375 bits per heavy atom. The van der Waals surface area contributed by atoms with E-state index in [0.29, 0.717) is 0 Å². The van der Waals surface area contributed by atoms with Crippen LogP contribution in [0.15, 0.2) is 72.8 Å². The Kier molecular flexibility index (Phi) is 9.53. The van der Waals surface area contributed by atoms with E-state index in [9.17, 15) is 0 Å². The molecular formula is C48H48S6Si2. The van der Waals surface area contributed by atoms with E-state index in [1.807, 2.05) is 68.0 Å². The Balaban J connectivity index is 0.000000146. The van der Waals surface area contributed by atoms with Gasteiger partial charge in [-0.25, -0.2) is 0 Å². The number of aryl methyl sites for hydroxylation is 8. The first-order chi connectivity index (χ1) is 26.6. The fraction of sp³-hybridized carbons (Fsp3) is 0.250. The molecule has 56 heavy (non-hydrogen) atoms. The molecule has 6 aromatic heterocycles. The first-order valence-electron chi connectivity index (χ1n) is 19.4. The van der Waals surface area contributed by atoms with Crippen molar-refractivity contribution < 1.29 is 0 Å². The third-order valence-corrected chi connectivity index (χ3v) is 25.6. The maximum absolute atomic E-state index is 2.56. The third-order valence-electron chi connectivity index (χ3n) is 11.9. The number of thiophene rings is 6. The quantitative estimate of drug-likeness (QED) is 0.155. The van der Waals surface area contributed by atoms with Gasteiger partial charge in [-0.2, -0.15) is 0 Å². The maximum Gasteiger partial charge on any atom is 0.116 e. The molecule has 0 unspecified atom stereocenters. The molecule has 8 heterocycles. The lowest BCUT2D eigenvalue weighted by atomic mass is 10.0. The topological polar surface area (TPSA) is 0 Å². The molecule has 0 saturated carbocycles. The van der Waals surface area contributed by atoms with E-state index in [2.05, 4.69) is 154 Å². The molecule has 0 aliphatic carbocycles. The Labute approximate surface area is 358 Å². The van der Waals surface area contributed by atoms with E-state index in [-0.39, 0.29) is 0 Å². The zero-order chi connectivity index (χ0) is 39.6. The van der Waals surface area contributed by atoms with Gasteiger partial charge in [0.25, 0.3) is 0 Å². The van der Waals surface area contributed by atoms with Crippen LogP contribution in [-0.4, -0.2) is 16.1 Å². The lowest BCUT2D eigenvalue weighted by Gasteiger charge is -2.23. The van der Waals surface area contributed by atoms with Crippen molar-refractivity contribution in [1.82, 2.24) is 0 Å². The van der Waals surface area contributed by atoms with Crippen molar-refractivity contribution in [1.29, 1.82) is 0 Å². The standard InChI is InChI=1S/2C24H24S3Si/c2*1-13-11-18(15(3)25-13)21-22-24(17-9-7-8-10-20(17)27-22)28(5,6)23(21)19-12-14(2)26-16(19)4/h2*7-12H,1-6H3. The van der Waals surface area contributed by atoms with Gasteiger partial charge >= 0.3 is 0 Å². The monoisotopic (exact) mass is 872 g/mol. The number of rotatable bonds is 4. The van der Waals surface area contributed by atoms with E-state index in [0.717, 1.165) is 0 Å². The summed E-state index contributed by atoms with van der Waals surface area (Å²) in [5.74, 6) is 0. The van der Waals surface area contributed by atoms with E-state index in [4.69, 9.17) is 0 Å². The molecule has 0 spiro atoms. The van der Waals surface area contributed by atoms with E-state index < -0.39 is 16.1 Å². The van der Waals surface area contributed by atoms with Crippen molar-refractivity contribution >= 4 is 136 Å². The van der Waals surface area contributed by atoms with Crippen LogP contribution in [0.3, 0.4) is 0 Å². The van der Waals surface area contributed by atoms with Gasteiger partial charge in [-0.15, -0.1) is 68.0 Å². The van der Waals surface area contributed by atoms with Gasteiger partial charge in [-0.05, 0) is 146 Å². The predicted molar refractivity (Wildman–Crippen MR) is 265 cm³/mol. The molecular weight excluding hydrogens is 825 g/mol. The summed E-state index contributed by atoms with van der Waals surface area (Å²) in [6, 6.07) is 27.8. The van der Waals surface area contributed by atoms with Crippen molar-refractivity contribution in [2.24, 2.45) is 0 Å². The van der Waals surface area contributed by atoms with Crippen LogP contribution < -0.4 is 10.4 Å². The first kappa shape index (κ1) is 38.6. The van der Waals surface area contributed by atoms with Gasteiger partial charge in [0.1, 0.15) is 16.1 Å². The van der Waals surface area contributed by atoms with Crippen molar-refractivity contribution in [3.05, 3.63) is 144 Å². The minimum Gasteiger partial charge on any atom is -0.145 e. The van der Waals surface area contributed by atoms with Crippen LogP contribution in [0.1, 0.15) is 71.0 Å². The molecule has 0 atom stereocenters. The fourth-order valence-electron chi connectivity index (χ4n) is 9.76. The number of benzene rings is 2. The average molecular weight is 873 g/mol. The van der Waals surface area contributed by atoms with Gasteiger partial charge in [-0.3, -0.25) is 0 Å². The van der Waals surface area contributed by atoms with Crippen molar-refractivity contribution in [3.63, 3.8) is 0 Å². The predicted octanol–water partition coefficient (Wildman–Crippen LogP) is 15.4. The summed E-state index contributed by atoms with van der Waals surface area (Å²) in [6.07, 6.45) is 0. The van der Waals surface area contributed by atoms with Crippen LogP contribution in [0.5, 0.6) is 0 Å². The lowest BCUT2D eigenvalue weighted by Crippen LogP contribution is -2.40. The molecule has 2 aliphatic rings. The van der Waals surface area contributed by atoms with Gasteiger partial charge in [0.15, 0.2) is 0 Å². The minimum absolute atomic E-state index is 1.41. The highest BCUT2D eigenvalue weighted by molar-refractivity contribution is 7.27. The van der Waals surface area contributed by atoms with Crippen LogP contribution >= 0.6 is 68.0 Å². The Morgan fingerprint density at radius 3 is 0.982 bits per heavy atom. The molecule has 8 heteroatoms. The second-order valence-corrected chi connectivity index (χ2v) is 33.1. The van der Waals surface area contributed by atoms with Crippen LogP contribution in [-0.2, 0) is 0 Å². The summed E-state index contributed by atoms with van der Waals surface area (Å²) in [5, 5.41) is 9.60. The fourth-order valence-corrected chi connectivity index (χ4v) is 25.5. The normalized spacial score (nSPS) is 15.6. The zero-order valence-electron chi connectivity index (χ0n) is 34.4. The first-order valence-corrected chi connectivity index (χ1v) is 30.3. The van der Waals surface area contributed by atoms with Crippen LogP contribution in [0.25, 0.3) is 41.7 Å². The molecule has 0 bridgehead atoms. The molecule has 0 amide bonds. The lowest BCUT2D eigenvalue weighted by molar-refractivity contribution is 1.53. The molecule has 0 radical (unpaired) electrons. The summed E-state index contributed by atoms with van der Waals surface area (Å²) in [6.45, 7) is 28.4. The van der Waals surface area contributed by atoms with Gasteiger partial charge in [-0.1, -0.05) is 62.6 Å². The molecule has 0 nitrogen and oxygen atoms in total. The molecule has 0 N–H and O–H groups in total. The zero-order valence-corrected chi connectivity index (χ0v) is 41.3. The number of hydrogen-bond donors (Lipinski definition) is 0. The number of fused-ring (bicyclic) bond motifs is 6. The van der Waals surface area contributed by atoms with Crippen molar-refractivity contribution in [2.45, 2.75) is 81.6 Å².